The zero-order chi connectivity index (χ0) is 13.3. The van der Waals surface area contributed by atoms with E-state index in [1.54, 1.807) is 6.07 Å². The van der Waals surface area contributed by atoms with Crippen LogP contribution in [0.15, 0.2) is 18.2 Å². The molecule has 4 nitrogen and oxygen atoms in total. The van der Waals surface area contributed by atoms with Gasteiger partial charge in [-0.05, 0) is 32.2 Å². The molecule has 3 N–H and O–H groups in total. The summed E-state index contributed by atoms with van der Waals surface area (Å²) in [5.41, 5.74) is 7.36. The summed E-state index contributed by atoms with van der Waals surface area (Å²) in [5.74, 6) is 0.0910. The Hall–Kier alpha value is -1.26. The minimum Gasteiger partial charge on any atom is -0.384 e. The van der Waals surface area contributed by atoms with Gasteiger partial charge < -0.3 is 15.5 Å². The second-order valence-corrected chi connectivity index (χ2v) is 5.29. The van der Waals surface area contributed by atoms with Gasteiger partial charge in [0.15, 0.2) is 0 Å². The van der Waals surface area contributed by atoms with E-state index in [4.69, 9.17) is 22.7 Å². The monoisotopic (exact) mass is 266 g/mol. The second-order valence-electron chi connectivity index (χ2n) is 4.85. The molecule has 1 atom stereocenters. The molecule has 0 saturated carbocycles. The van der Waals surface area contributed by atoms with Gasteiger partial charge in [-0.2, -0.15) is 0 Å². The van der Waals surface area contributed by atoms with Crippen molar-refractivity contribution >= 4 is 23.1 Å². The summed E-state index contributed by atoms with van der Waals surface area (Å²) >= 11 is 6.06. The minimum absolute atomic E-state index is 0.0910. The van der Waals surface area contributed by atoms with Gasteiger partial charge in [0.25, 0.3) is 0 Å². The van der Waals surface area contributed by atoms with E-state index in [1.807, 2.05) is 12.1 Å². The summed E-state index contributed by atoms with van der Waals surface area (Å²) in [4.78, 5) is 4.59. The molecule has 1 heterocycles. The Morgan fingerprint density at radius 3 is 2.78 bits per heavy atom. The number of piperazine rings is 1. The molecule has 1 aromatic rings. The number of nitrogens with zero attached hydrogens (tertiary/aromatic N) is 2. The van der Waals surface area contributed by atoms with Gasteiger partial charge in [0.1, 0.15) is 5.84 Å². The van der Waals surface area contributed by atoms with Crippen LogP contribution in [0.2, 0.25) is 5.02 Å². The normalized spacial score (nSPS) is 21.1. The molecule has 1 unspecified atom stereocenters. The van der Waals surface area contributed by atoms with Crippen LogP contribution in [0.3, 0.4) is 0 Å². The van der Waals surface area contributed by atoms with Gasteiger partial charge in [-0.25, -0.2) is 0 Å². The van der Waals surface area contributed by atoms with Gasteiger partial charge in [0, 0.05) is 41.9 Å². The van der Waals surface area contributed by atoms with Crippen LogP contribution < -0.4 is 10.6 Å². The lowest BCUT2D eigenvalue weighted by atomic mass is 10.1. The lowest BCUT2D eigenvalue weighted by molar-refractivity contribution is 0.234. The Morgan fingerprint density at radius 1 is 1.44 bits per heavy atom. The van der Waals surface area contributed by atoms with Crippen LogP contribution >= 0.6 is 11.6 Å². The smallest absolute Gasteiger partial charge is 0.124 e. The van der Waals surface area contributed by atoms with Gasteiger partial charge in [0.05, 0.1) is 0 Å². The third kappa shape index (κ3) is 2.60. The van der Waals surface area contributed by atoms with Crippen molar-refractivity contribution in [3.63, 3.8) is 0 Å². The molecule has 0 radical (unpaired) electrons. The van der Waals surface area contributed by atoms with Crippen molar-refractivity contribution in [1.82, 2.24) is 4.90 Å². The fourth-order valence-electron chi connectivity index (χ4n) is 2.26. The lowest BCUT2D eigenvalue weighted by Gasteiger charge is -2.39. The number of hydrogen-bond acceptors (Lipinski definition) is 3. The van der Waals surface area contributed by atoms with Gasteiger partial charge in [0.2, 0.25) is 0 Å². The Bertz CT molecular complexity index is 460. The van der Waals surface area contributed by atoms with Crippen molar-refractivity contribution < 1.29 is 0 Å². The van der Waals surface area contributed by atoms with E-state index in [0.717, 1.165) is 30.9 Å². The maximum atomic E-state index is 7.65. The standard InChI is InChI=1S/C13H19ClN4/c1-9-8-18(6-5-17(9)2)12-7-10(14)3-4-11(12)13(15)16/h3-4,7,9H,5-6,8H2,1-2H3,(H3,15,16). The molecule has 0 aromatic heterocycles. The predicted octanol–water partition coefficient (Wildman–Crippen LogP) is 1.76. The zero-order valence-electron chi connectivity index (χ0n) is 10.8. The third-order valence-corrected chi connectivity index (χ3v) is 3.79. The quantitative estimate of drug-likeness (QED) is 0.634. The highest BCUT2D eigenvalue weighted by atomic mass is 35.5. The third-order valence-electron chi connectivity index (χ3n) is 3.55. The van der Waals surface area contributed by atoms with E-state index in [9.17, 15) is 0 Å². The maximum Gasteiger partial charge on any atom is 0.124 e. The number of rotatable bonds is 2. The Kier molecular flexibility index (Phi) is 3.78. The molecule has 0 bridgehead atoms. The largest absolute Gasteiger partial charge is 0.384 e. The van der Waals surface area contributed by atoms with Crippen molar-refractivity contribution in [2.45, 2.75) is 13.0 Å². The average Bonchev–Trinajstić information content (AvgIpc) is 2.32. The van der Waals surface area contributed by atoms with E-state index in [0.29, 0.717) is 11.1 Å². The van der Waals surface area contributed by atoms with E-state index in [-0.39, 0.29) is 5.84 Å². The summed E-state index contributed by atoms with van der Waals surface area (Å²) in [6.45, 7) is 5.06. The Morgan fingerprint density at radius 2 is 2.17 bits per heavy atom. The lowest BCUT2D eigenvalue weighted by Crippen LogP contribution is -2.50. The fraction of sp³-hybridized carbons (Fsp3) is 0.462. The molecule has 0 amide bonds. The zero-order valence-corrected chi connectivity index (χ0v) is 11.5. The summed E-state index contributed by atoms with van der Waals surface area (Å²) in [6, 6.07) is 5.98. The minimum atomic E-state index is 0.0910. The number of anilines is 1. The first-order chi connectivity index (χ1) is 8.49. The van der Waals surface area contributed by atoms with Crippen molar-refractivity contribution in [3.05, 3.63) is 28.8 Å². The molecule has 5 heteroatoms. The molecular weight excluding hydrogens is 248 g/mol. The first-order valence-corrected chi connectivity index (χ1v) is 6.46. The Balaban J connectivity index is 2.32. The van der Waals surface area contributed by atoms with Crippen LogP contribution in [0.25, 0.3) is 0 Å². The predicted molar refractivity (Wildman–Crippen MR) is 76.8 cm³/mol. The summed E-state index contributed by atoms with van der Waals surface area (Å²) < 4.78 is 0. The van der Waals surface area contributed by atoms with Gasteiger partial charge in [-0.15, -0.1) is 0 Å². The van der Waals surface area contributed by atoms with E-state index in [2.05, 4.69) is 23.8 Å². The molecule has 1 aliphatic heterocycles. The molecule has 0 aliphatic carbocycles. The van der Waals surface area contributed by atoms with Crippen LogP contribution in [0.5, 0.6) is 0 Å². The van der Waals surface area contributed by atoms with Gasteiger partial charge >= 0.3 is 0 Å². The molecule has 2 rings (SSSR count). The van der Waals surface area contributed by atoms with Crippen molar-refractivity contribution in [3.8, 4) is 0 Å². The van der Waals surface area contributed by atoms with Crippen molar-refractivity contribution in [2.24, 2.45) is 5.73 Å². The van der Waals surface area contributed by atoms with Crippen LogP contribution in [-0.2, 0) is 0 Å². The topological polar surface area (TPSA) is 56.4 Å². The number of amidine groups is 1. The number of nitrogen functional groups attached to an aromatic ring is 1. The summed E-state index contributed by atoms with van der Waals surface area (Å²) in [5, 5.41) is 8.33. The highest BCUT2D eigenvalue weighted by molar-refractivity contribution is 6.31. The second kappa shape index (κ2) is 5.16. The molecule has 0 spiro atoms. The molecule has 1 fully saturated rings. The van der Waals surface area contributed by atoms with E-state index < -0.39 is 0 Å². The number of nitrogens with two attached hydrogens (primary N) is 1. The Labute approximate surface area is 113 Å². The number of likely N-dealkylation sites (N-methyl/N-ethyl adjacent to an activating group) is 1. The fourth-order valence-corrected chi connectivity index (χ4v) is 2.43. The first-order valence-electron chi connectivity index (χ1n) is 6.08. The average molecular weight is 267 g/mol. The van der Waals surface area contributed by atoms with E-state index >= 15 is 0 Å². The maximum absolute atomic E-state index is 7.65. The van der Waals surface area contributed by atoms with Crippen LogP contribution in [0, 0.1) is 5.41 Å². The summed E-state index contributed by atoms with van der Waals surface area (Å²) in [7, 11) is 2.13. The molecule has 1 saturated heterocycles. The van der Waals surface area contributed by atoms with E-state index in [1.165, 1.54) is 0 Å². The van der Waals surface area contributed by atoms with Crippen LogP contribution in [-0.4, -0.2) is 43.5 Å². The SMILES string of the molecule is CC1CN(c2cc(Cl)ccc2C(=N)N)CCN1C. The van der Waals surface area contributed by atoms with Gasteiger partial charge in [-0.1, -0.05) is 11.6 Å². The first kappa shape index (κ1) is 13.2. The number of nitrogens with one attached hydrogen (secondary N) is 1. The van der Waals surface area contributed by atoms with Crippen molar-refractivity contribution in [2.75, 3.05) is 31.6 Å². The molecule has 98 valence electrons. The molecular formula is C13H19ClN4. The highest BCUT2D eigenvalue weighted by Crippen LogP contribution is 2.26. The summed E-state index contributed by atoms with van der Waals surface area (Å²) in [6.07, 6.45) is 0. The number of benzene rings is 1. The molecule has 18 heavy (non-hydrogen) atoms. The number of hydrogen-bond donors (Lipinski definition) is 2. The highest BCUT2D eigenvalue weighted by Gasteiger charge is 2.23. The van der Waals surface area contributed by atoms with Gasteiger partial charge in [-0.3, -0.25) is 5.41 Å². The van der Waals surface area contributed by atoms with Crippen LogP contribution in [0.4, 0.5) is 5.69 Å². The van der Waals surface area contributed by atoms with Crippen LogP contribution in [0.1, 0.15) is 12.5 Å². The molecule has 1 aromatic carbocycles. The van der Waals surface area contributed by atoms with Crippen molar-refractivity contribution in [1.29, 1.82) is 5.41 Å². The number of halogens is 1. The molecule has 1 aliphatic rings.